The van der Waals surface area contributed by atoms with Crippen LogP contribution in [0.2, 0.25) is 0 Å². The Morgan fingerprint density at radius 1 is 1.06 bits per heavy atom. The topological polar surface area (TPSA) is 51.0 Å². The lowest BCUT2D eigenvalue weighted by Crippen LogP contribution is -2.04. The van der Waals surface area contributed by atoms with Gasteiger partial charge in [-0.2, -0.15) is 13.2 Å². The van der Waals surface area contributed by atoms with E-state index in [1.807, 2.05) is 0 Å². The summed E-state index contributed by atoms with van der Waals surface area (Å²) in [6.07, 6.45) is -4.68. The second-order valence-corrected chi connectivity index (χ2v) is 3.04. The molecule has 0 aliphatic rings. The van der Waals surface area contributed by atoms with Gasteiger partial charge in [-0.25, -0.2) is 4.39 Å². The van der Waals surface area contributed by atoms with Crippen LogP contribution >= 0.6 is 0 Å². The smallest absolute Gasteiger partial charge is 0.399 e. The van der Waals surface area contributed by atoms with Crippen molar-refractivity contribution in [3.05, 3.63) is 36.0 Å². The Morgan fingerprint density at radius 3 is 2.24 bits per heavy atom. The van der Waals surface area contributed by atoms with Gasteiger partial charge in [0.15, 0.2) is 0 Å². The van der Waals surface area contributed by atoms with E-state index in [-0.39, 0.29) is 0 Å². The third kappa shape index (κ3) is 2.71. The van der Waals surface area contributed by atoms with Crippen molar-refractivity contribution in [2.24, 2.45) is 0 Å². The van der Waals surface area contributed by atoms with Gasteiger partial charge in [0.1, 0.15) is 5.82 Å². The SMILES string of the molecule is Fc1ccc(Nc2nnc(C(F)(F)F)o2)cc1. The zero-order valence-electron chi connectivity index (χ0n) is 8.12. The fraction of sp³-hybridized carbons (Fsp3) is 0.111. The summed E-state index contributed by atoms with van der Waals surface area (Å²) in [6, 6.07) is 4.52. The summed E-state index contributed by atoms with van der Waals surface area (Å²) in [6.45, 7) is 0. The molecule has 0 saturated heterocycles. The van der Waals surface area contributed by atoms with Crippen LogP contribution in [0.5, 0.6) is 0 Å². The average molecular weight is 247 g/mol. The molecule has 0 fully saturated rings. The van der Waals surface area contributed by atoms with E-state index in [0.29, 0.717) is 5.69 Å². The molecule has 0 aliphatic heterocycles. The molecule has 17 heavy (non-hydrogen) atoms. The molecule has 0 spiro atoms. The minimum atomic E-state index is -4.68. The highest BCUT2D eigenvalue weighted by molar-refractivity contribution is 5.51. The first-order valence-electron chi connectivity index (χ1n) is 4.38. The number of hydrogen-bond acceptors (Lipinski definition) is 4. The lowest BCUT2D eigenvalue weighted by molar-refractivity contribution is -0.156. The van der Waals surface area contributed by atoms with Gasteiger partial charge in [-0.1, -0.05) is 5.10 Å². The Balaban J connectivity index is 2.14. The summed E-state index contributed by atoms with van der Waals surface area (Å²) >= 11 is 0. The maximum absolute atomic E-state index is 12.6. The number of alkyl halides is 3. The largest absolute Gasteiger partial charge is 0.470 e. The van der Waals surface area contributed by atoms with Gasteiger partial charge in [0.25, 0.3) is 0 Å². The fourth-order valence-corrected chi connectivity index (χ4v) is 1.04. The van der Waals surface area contributed by atoms with E-state index < -0.39 is 23.9 Å². The second-order valence-electron chi connectivity index (χ2n) is 3.04. The number of aromatic nitrogens is 2. The van der Waals surface area contributed by atoms with Gasteiger partial charge in [0, 0.05) is 5.69 Å². The van der Waals surface area contributed by atoms with E-state index >= 15 is 0 Å². The number of nitrogens with one attached hydrogen (secondary N) is 1. The van der Waals surface area contributed by atoms with E-state index in [4.69, 9.17) is 0 Å². The molecule has 0 unspecified atom stereocenters. The first-order chi connectivity index (χ1) is 7.95. The van der Waals surface area contributed by atoms with E-state index in [1.165, 1.54) is 12.1 Å². The Kier molecular flexibility index (Phi) is 2.70. The van der Waals surface area contributed by atoms with Crippen LogP contribution in [0.3, 0.4) is 0 Å². The van der Waals surface area contributed by atoms with Crippen molar-refractivity contribution in [1.82, 2.24) is 10.2 Å². The van der Waals surface area contributed by atoms with Gasteiger partial charge in [-0.3, -0.25) is 0 Å². The van der Waals surface area contributed by atoms with E-state index in [9.17, 15) is 17.6 Å². The monoisotopic (exact) mass is 247 g/mol. The molecule has 2 aromatic rings. The van der Waals surface area contributed by atoms with Crippen molar-refractivity contribution < 1.29 is 22.0 Å². The molecule has 8 heteroatoms. The summed E-state index contributed by atoms with van der Waals surface area (Å²) in [5, 5.41) is 8.40. The molecular formula is C9H5F4N3O. The first kappa shape index (κ1) is 11.4. The average Bonchev–Trinajstić information content (AvgIpc) is 2.69. The van der Waals surface area contributed by atoms with Crippen molar-refractivity contribution in [1.29, 1.82) is 0 Å². The van der Waals surface area contributed by atoms with Crippen LogP contribution in [-0.4, -0.2) is 10.2 Å². The second kappa shape index (κ2) is 4.04. The zero-order chi connectivity index (χ0) is 12.5. The highest BCUT2D eigenvalue weighted by atomic mass is 19.4. The summed E-state index contributed by atoms with van der Waals surface area (Å²) in [5.74, 6) is -1.90. The molecule has 0 aliphatic carbocycles. The standard InChI is InChI=1S/C9H5F4N3O/c10-5-1-3-6(4-2-5)14-8-16-15-7(17-8)9(11,12)13/h1-4H,(H,14,16). The third-order valence-electron chi connectivity index (χ3n) is 1.76. The quantitative estimate of drug-likeness (QED) is 0.829. The molecule has 90 valence electrons. The van der Waals surface area contributed by atoms with Gasteiger partial charge >= 0.3 is 18.1 Å². The molecule has 2 rings (SSSR count). The number of halogens is 4. The summed E-state index contributed by atoms with van der Waals surface area (Å²) in [4.78, 5) is 0. The van der Waals surface area contributed by atoms with E-state index in [0.717, 1.165) is 12.1 Å². The summed E-state index contributed by atoms with van der Waals surface area (Å²) < 4.78 is 53.2. The van der Waals surface area contributed by atoms with Gasteiger partial charge in [0.2, 0.25) is 0 Å². The lowest BCUT2D eigenvalue weighted by Gasteiger charge is -2.00. The van der Waals surface area contributed by atoms with Crippen molar-refractivity contribution in [3.8, 4) is 0 Å². The molecule has 0 saturated carbocycles. The Morgan fingerprint density at radius 2 is 1.71 bits per heavy atom. The minimum absolute atomic E-state index is 0.337. The van der Waals surface area contributed by atoms with Gasteiger partial charge in [0.05, 0.1) is 0 Å². The number of anilines is 2. The maximum atomic E-state index is 12.6. The number of nitrogens with zero attached hydrogens (tertiary/aromatic N) is 2. The molecule has 0 radical (unpaired) electrons. The van der Waals surface area contributed by atoms with Gasteiger partial charge in [-0.15, -0.1) is 5.10 Å². The Labute approximate surface area is 92.3 Å². The van der Waals surface area contributed by atoms with Crippen LogP contribution in [0, 0.1) is 5.82 Å². The van der Waals surface area contributed by atoms with Crippen LogP contribution < -0.4 is 5.32 Å². The predicted molar refractivity (Wildman–Crippen MR) is 49.0 cm³/mol. The van der Waals surface area contributed by atoms with Gasteiger partial charge < -0.3 is 9.73 Å². The minimum Gasteiger partial charge on any atom is -0.399 e. The Hall–Kier alpha value is -2.12. The lowest BCUT2D eigenvalue weighted by atomic mass is 10.3. The normalized spacial score (nSPS) is 11.5. The van der Waals surface area contributed by atoms with Crippen molar-refractivity contribution in [2.75, 3.05) is 5.32 Å². The number of rotatable bonds is 2. The van der Waals surface area contributed by atoms with Crippen molar-refractivity contribution in [3.63, 3.8) is 0 Å². The van der Waals surface area contributed by atoms with Crippen LogP contribution in [0.25, 0.3) is 0 Å². The van der Waals surface area contributed by atoms with Crippen molar-refractivity contribution in [2.45, 2.75) is 6.18 Å². The third-order valence-corrected chi connectivity index (χ3v) is 1.76. The maximum Gasteiger partial charge on any atom is 0.470 e. The number of benzene rings is 1. The molecule has 4 nitrogen and oxygen atoms in total. The first-order valence-corrected chi connectivity index (χ1v) is 4.38. The van der Waals surface area contributed by atoms with E-state index in [1.54, 1.807) is 0 Å². The fourth-order valence-electron chi connectivity index (χ4n) is 1.04. The van der Waals surface area contributed by atoms with Crippen LogP contribution in [0.1, 0.15) is 5.89 Å². The number of hydrogen-bond donors (Lipinski definition) is 1. The molecule has 1 heterocycles. The zero-order valence-corrected chi connectivity index (χ0v) is 8.12. The summed E-state index contributed by atoms with van der Waals surface area (Å²) in [7, 11) is 0. The molecule has 0 atom stereocenters. The molecular weight excluding hydrogens is 242 g/mol. The van der Waals surface area contributed by atoms with E-state index in [2.05, 4.69) is 19.9 Å². The Bertz CT molecular complexity index is 506. The van der Waals surface area contributed by atoms with Crippen LogP contribution in [-0.2, 0) is 6.18 Å². The molecule has 1 N–H and O–H groups in total. The highest BCUT2D eigenvalue weighted by Crippen LogP contribution is 2.29. The highest BCUT2D eigenvalue weighted by Gasteiger charge is 2.38. The van der Waals surface area contributed by atoms with Crippen LogP contribution in [0.15, 0.2) is 28.7 Å². The molecule has 0 bridgehead atoms. The van der Waals surface area contributed by atoms with Crippen LogP contribution in [0.4, 0.5) is 29.3 Å². The molecule has 0 amide bonds. The predicted octanol–water partition coefficient (Wildman–Crippen LogP) is 2.97. The van der Waals surface area contributed by atoms with Crippen molar-refractivity contribution >= 4 is 11.7 Å². The molecule has 1 aromatic heterocycles. The molecule has 1 aromatic carbocycles. The summed E-state index contributed by atoms with van der Waals surface area (Å²) in [5.41, 5.74) is 0.337. The van der Waals surface area contributed by atoms with Gasteiger partial charge in [-0.05, 0) is 24.3 Å².